The van der Waals surface area contributed by atoms with Crippen molar-refractivity contribution in [1.82, 2.24) is 4.98 Å². The van der Waals surface area contributed by atoms with E-state index in [1.165, 1.54) is 0 Å². The predicted octanol–water partition coefficient (Wildman–Crippen LogP) is 3.59. The third-order valence-electron chi connectivity index (χ3n) is 3.37. The number of methoxy groups -OCH3 is 1. The van der Waals surface area contributed by atoms with E-state index in [2.05, 4.69) is 10.3 Å². The van der Waals surface area contributed by atoms with E-state index in [-0.39, 0.29) is 6.04 Å². The van der Waals surface area contributed by atoms with Gasteiger partial charge in [-0.25, -0.2) is 0 Å². The van der Waals surface area contributed by atoms with E-state index in [0.29, 0.717) is 17.3 Å². The highest BCUT2D eigenvalue weighted by atomic mass is 16.5. The van der Waals surface area contributed by atoms with Crippen LogP contribution in [0.15, 0.2) is 46.9 Å². The number of ether oxygens (including phenoxy) is 1. The highest BCUT2D eigenvalue weighted by Crippen LogP contribution is 2.25. The van der Waals surface area contributed by atoms with Gasteiger partial charge in [-0.1, -0.05) is 12.1 Å². The molecule has 1 unspecified atom stereocenters. The summed E-state index contributed by atoms with van der Waals surface area (Å²) in [7, 11) is 1.65. The molecule has 0 bridgehead atoms. The van der Waals surface area contributed by atoms with Crippen molar-refractivity contribution in [3.63, 3.8) is 0 Å². The Labute approximate surface area is 122 Å². The van der Waals surface area contributed by atoms with Gasteiger partial charge < -0.3 is 20.2 Å². The predicted molar refractivity (Wildman–Crippen MR) is 83.5 cm³/mol. The number of nitrogens with one attached hydrogen (secondary N) is 1. The molecule has 21 heavy (non-hydrogen) atoms. The van der Waals surface area contributed by atoms with Gasteiger partial charge in [0.05, 0.1) is 13.2 Å². The zero-order chi connectivity index (χ0) is 14.8. The van der Waals surface area contributed by atoms with Gasteiger partial charge in [0.15, 0.2) is 5.58 Å². The number of anilines is 2. The number of oxazole rings is 1. The largest absolute Gasteiger partial charge is 0.497 e. The second-order valence-corrected chi connectivity index (χ2v) is 4.89. The number of hydrogen-bond acceptors (Lipinski definition) is 5. The Hall–Kier alpha value is -2.69. The zero-order valence-corrected chi connectivity index (χ0v) is 12.0. The minimum absolute atomic E-state index is 0.0707. The molecular formula is C16H17N3O2. The summed E-state index contributed by atoms with van der Waals surface area (Å²) in [6.45, 7) is 2.05. The molecule has 0 spiro atoms. The quantitative estimate of drug-likeness (QED) is 0.716. The molecule has 3 N–H and O–H groups in total. The minimum atomic E-state index is 0.0707. The first-order chi connectivity index (χ1) is 10.2. The molecule has 0 saturated heterocycles. The van der Waals surface area contributed by atoms with Gasteiger partial charge in [0.1, 0.15) is 11.3 Å². The molecule has 1 atom stereocenters. The van der Waals surface area contributed by atoms with Crippen molar-refractivity contribution in [2.45, 2.75) is 13.0 Å². The molecule has 5 heteroatoms. The van der Waals surface area contributed by atoms with Crippen molar-refractivity contribution in [3.05, 3.63) is 48.0 Å². The van der Waals surface area contributed by atoms with E-state index >= 15 is 0 Å². The number of nitrogens with two attached hydrogens (primary N) is 1. The number of nitrogen functional groups attached to an aromatic ring is 1. The van der Waals surface area contributed by atoms with Crippen molar-refractivity contribution >= 4 is 22.8 Å². The normalized spacial score (nSPS) is 12.3. The number of aromatic nitrogens is 1. The highest BCUT2D eigenvalue weighted by molar-refractivity contribution is 5.78. The Morgan fingerprint density at radius 3 is 2.67 bits per heavy atom. The maximum atomic E-state index is 5.74. The average molecular weight is 283 g/mol. The van der Waals surface area contributed by atoms with Crippen LogP contribution < -0.4 is 15.8 Å². The SMILES string of the molecule is COc1ccc(C(C)Nc2nc3cc(N)ccc3o2)cc1. The van der Waals surface area contributed by atoms with Gasteiger partial charge in [0, 0.05) is 5.69 Å². The average Bonchev–Trinajstić information content (AvgIpc) is 2.88. The lowest BCUT2D eigenvalue weighted by Gasteiger charge is -2.12. The molecule has 3 rings (SSSR count). The van der Waals surface area contributed by atoms with Crippen molar-refractivity contribution in [2.24, 2.45) is 0 Å². The molecule has 0 aliphatic rings. The number of benzene rings is 2. The molecule has 0 aliphatic carbocycles. The minimum Gasteiger partial charge on any atom is -0.497 e. The van der Waals surface area contributed by atoms with Crippen LogP contribution in [0, 0.1) is 0 Å². The summed E-state index contributed by atoms with van der Waals surface area (Å²) < 4.78 is 10.8. The smallest absolute Gasteiger partial charge is 0.296 e. The van der Waals surface area contributed by atoms with E-state index < -0.39 is 0 Å². The Kier molecular flexibility index (Phi) is 3.39. The lowest BCUT2D eigenvalue weighted by molar-refractivity contribution is 0.414. The van der Waals surface area contributed by atoms with Crippen LogP contribution in [0.4, 0.5) is 11.7 Å². The number of rotatable bonds is 4. The van der Waals surface area contributed by atoms with Crippen molar-refractivity contribution in [2.75, 3.05) is 18.2 Å². The van der Waals surface area contributed by atoms with E-state index in [0.717, 1.165) is 16.8 Å². The van der Waals surface area contributed by atoms with Gasteiger partial charge in [0.25, 0.3) is 6.01 Å². The van der Waals surface area contributed by atoms with Crippen LogP contribution >= 0.6 is 0 Å². The van der Waals surface area contributed by atoms with Gasteiger partial charge >= 0.3 is 0 Å². The molecule has 108 valence electrons. The molecule has 0 amide bonds. The lowest BCUT2D eigenvalue weighted by Crippen LogP contribution is -2.06. The summed E-state index contributed by atoms with van der Waals surface area (Å²) in [6, 6.07) is 13.8. The Morgan fingerprint density at radius 2 is 1.95 bits per heavy atom. The van der Waals surface area contributed by atoms with E-state index in [1.807, 2.05) is 37.3 Å². The summed E-state index contributed by atoms with van der Waals surface area (Å²) in [5, 5.41) is 3.25. The fraction of sp³-hybridized carbons (Fsp3) is 0.188. The maximum Gasteiger partial charge on any atom is 0.296 e. The third-order valence-corrected chi connectivity index (χ3v) is 3.37. The van der Waals surface area contributed by atoms with E-state index in [4.69, 9.17) is 14.9 Å². The van der Waals surface area contributed by atoms with E-state index in [9.17, 15) is 0 Å². The molecule has 2 aromatic carbocycles. The summed E-state index contributed by atoms with van der Waals surface area (Å²) in [4.78, 5) is 4.39. The van der Waals surface area contributed by atoms with Gasteiger partial charge in [-0.2, -0.15) is 4.98 Å². The van der Waals surface area contributed by atoms with Gasteiger partial charge in [-0.15, -0.1) is 0 Å². The summed E-state index contributed by atoms with van der Waals surface area (Å²) >= 11 is 0. The van der Waals surface area contributed by atoms with Crippen LogP contribution in [0.1, 0.15) is 18.5 Å². The van der Waals surface area contributed by atoms with E-state index in [1.54, 1.807) is 19.2 Å². The maximum absolute atomic E-state index is 5.74. The molecule has 3 aromatic rings. The van der Waals surface area contributed by atoms with Crippen LogP contribution in [-0.4, -0.2) is 12.1 Å². The van der Waals surface area contributed by atoms with Gasteiger partial charge in [0.2, 0.25) is 0 Å². The highest BCUT2D eigenvalue weighted by Gasteiger charge is 2.10. The molecule has 0 aliphatic heterocycles. The third kappa shape index (κ3) is 2.76. The fourth-order valence-corrected chi connectivity index (χ4v) is 2.17. The van der Waals surface area contributed by atoms with Crippen LogP contribution in [0.2, 0.25) is 0 Å². The summed E-state index contributed by atoms with van der Waals surface area (Å²) in [6.07, 6.45) is 0. The number of fused-ring (bicyclic) bond motifs is 1. The van der Waals surface area contributed by atoms with Crippen LogP contribution in [0.3, 0.4) is 0 Å². The first kappa shape index (κ1) is 13.3. The van der Waals surface area contributed by atoms with Gasteiger partial charge in [-0.05, 0) is 42.8 Å². The fourth-order valence-electron chi connectivity index (χ4n) is 2.17. The standard InChI is InChI=1S/C16H17N3O2/c1-10(11-3-6-13(20-2)7-4-11)18-16-19-14-9-12(17)5-8-15(14)21-16/h3-10H,17H2,1-2H3,(H,18,19). The van der Waals surface area contributed by atoms with Gasteiger partial charge in [-0.3, -0.25) is 0 Å². The Morgan fingerprint density at radius 1 is 1.19 bits per heavy atom. The Balaban J connectivity index is 1.79. The molecule has 0 radical (unpaired) electrons. The molecule has 1 heterocycles. The summed E-state index contributed by atoms with van der Waals surface area (Å²) in [5.41, 5.74) is 9.00. The zero-order valence-electron chi connectivity index (χ0n) is 12.0. The molecule has 0 saturated carbocycles. The number of hydrogen-bond donors (Lipinski definition) is 2. The van der Waals surface area contributed by atoms with Crippen LogP contribution in [0.25, 0.3) is 11.1 Å². The summed E-state index contributed by atoms with van der Waals surface area (Å²) in [5.74, 6) is 0.836. The molecule has 0 fully saturated rings. The van der Waals surface area contributed by atoms with Crippen LogP contribution in [-0.2, 0) is 0 Å². The lowest BCUT2D eigenvalue weighted by atomic mass is 10.1. The second-order valence-electron chi connectivity index (χ2n) is 4.89. The molecule has 5 nitrogen and oxygen atoms in total. The van der Waals surface area contributed by atoms with Crippen molar-refractivity contribution < 1.29 is 9.15 Å². The van der Waals surface area contributed by atoms with Crippen LogP contribution in [0.5, 0.6) is 5.75 Å². The second kappa shape index (κ2) is 5.36. The monoisotopic (exact) mass is 283 g/mol. The first-order valence-corrected chi connectivity index (χ1v) is 6.72. The molecular weight excluding hydrogens is 266 g/mol. The topological polar surface area (TPSA) is 73.3 Å². The first-order valence-electron chi connectivity index (χ1n) is 6.72. The van der Waals surface area contributed by atoms with Crippen molar-refractivity contribution in [1.29, 1.82) is 0 Å². The Bertz CT molecular complexity index is 750. The van der Waals surface area contributed by atoms with Crippen molar-refractivity contribution in [3.8, 4) is 5.75 Å². The molecule has 1 aromatic heterocycles. The number of nitrogens with zero attached hydrogens (tertiary/aromatic N) is 1.